The van der Waals surface area contributed by atoms with Crippen LogP contribution in [0.2, 0.25) is 0 Å². The minimum Gasteiger partial charge on any atom is -0.325 e. The van der Waals surface area contributed by atoms with E-state index in [0.717, 1.165) is 38.8 Å². The van der Waals surface area contributed by atoms with E-state index >= 15 is 0 Å². The molecule has 4 nitrogen and oxygen atoms in total. The fourth-order valence-electron chi connectivity index (χ4n) is 4.34. The number of amides is 1. The van der Waals surface area contributed by atoms with Gasteiger partial charge < -0.3 is 10.2 Å². The van der Waals surface area contributed by atoms with Crippen LogP contribution < -0.4 is 5.32 Å². The average Bonchev–Trinajstić information content (AvgIpc) is 3.19. The molecule has 128 valence electrons. The molecule has 3 atom stereocenters. The summed E-state index contributed by atoms with van der Waals surface area (Å²) < 4.78 is 0. The standard InChI is InChI=1S/C20H27N3O/c1-13-7-14(2)18(15(3)8-13)9-16-10-19(22-12-16)20(24)23-6-4-5-17(23)11-21/h7-8,16-17,19,22H,4-6,9-10,12H2,1-3H3/t16-,17-,19-/m0/s1. The largest absolute Gasteiger partial charge is 0.325 e. The zero-order valence-electron chi connectivity index (χ0n) is 14.9. The van der Waals surface area contributed by atoms with E-state index in [1.807, 2.05) is 0 Å². The van der Waals surface area contributed by atoms with Crippen molar-refractivity contribution < 1.29 is 4.79 Å². The van der Waals surface area contributed by atoms with Gasteiger partial charge in [0, 0.05) is 6.54 Å². The number of hydrogen-bond acceptors (Lipinski definition) is 3. The molecule has 0 aromatic heterocycles. The molecule has 0 bridgehead atoms. The Morgan fingerprint density at radius 2 is 2.04 bits per heavy atom. The second kappa shape index (κ2) is 6.94. The molecule has 24 heavy (non-hydrogen) atoms. The first-order chi connectivity index (χ1) is 11.5. The van der Waals surface area contributed by atoms with Gasteiger partial charge in [-0.15, -0.1) is 0 Å². The number of hydrogen-bond donors (Lipinski definition) is 1. The summed E-state index contributed by atoms with van der Waals surface area (Å²) in [7, 11) is 0. The molecule has 2 fully saturated rings. The molecule has 2 aliphatic rings. The zero-order chi connectivity index (χ0) is 17.3. The summed E-state index contributed by atoms with van der Waals surface area (Å²) in [5.74, 6) is 0.612. The van der Waals surface area contributed by atoms with Crippen LogP contribution in [-0.2, 0) is 11.2 Å². The Morgan fingerprint density at radius 3 is 2.71 bits per heavy atom. The van der Waals surface area contributed by atoms with Crippen LogP contribution in [0.5, 0.6) is 0 Å². The lowest BCUT2D eigenvalue weighted by molar-refractivity contribution is -0.133. The van der Waals surface area contributed by atoms with Gasteiger partial charge in [0.05, 0.1) is 12.1 Å². The predicted octanol–water partition coefficient (Wildman–Crippen LogP) is 2.65. The van der Waals surface area contributed by atoms with Crippen molar-refractivity contribution in [3.8, 4) is 6.07 Å². The van der Waals surface area contributed by atoms with Crippen molar-refractivity contribution in [1.82, 2.24) is 10.2 Å². The SMILES string of the molecule is Cc1cc(C)c(C[C@@H]2CN[C@H](C(=O)N3CCC[C@H]3C#N)C2)c(C)c1. The Kier molecular flexibility index (Phi) is 4.91. The maximum Gasteiger partial charge on any atom is 0.240 e. The maximum absolute atomic E-state index is 12.7. The Bertz CT molecular complexity index is 653. The van der Waals surface area contributed by atoms with Crippen LogP contribution in [0, 0.1) is 38.0 Å². The lowest BCUT2D eigenvalue weighted by atomic mass is 9.90. The fourth-order valence-corrected chi connectivity index (χ4v) is 4.34. The summed E-state index contributed by atoms with van der Waals surface area (Å²) in [5.41, 5.74) is 5.44. The third kappa shape index (κ3) is 3.32. The van der Waals surface area contributed by atoms with Gasteiger partial charge >= 0.3 is 0 Å². The van der Waals surface area contributed by atoms with Crippen LogP contribution in [0.25, 0.3) is 0 Å². The van der Waals surface area contributed by atoms with Crippen LogP contribution >= 0.6 is 0 Å². The molecular formula is C20H27N3O. The van der Waals surface area contributed by atoms with Crippen molar-refractivity contribution in [3.05, 3.63) is 34.4 Å². The van der Waals surface area contributed by atoms with E-state index in [1.54, 1.807) is 4.90 Å². The van der Waals surface area contributed by atoms with Crippen LogP contribution in [0.15, 0.2) is 12.1 Å². The van der Waals surface area contributed by atoms with Gasteiger partial charge in [-0.05, 0) is 75.6 Å². The van der Waals surface area contributed by atoms with Crippen LogP contribution in [0.1, 0.15) is 41.5 Å². The Balaban J connectivity index is 1.64. The van der Waals surface area contributed by atoms with Crippen molar-refractivity contribution in [2.75, 3.05) is 13.1 Å². The van der Waals surface area contributed by atoms with E-state index in [0.29, 0.717) is 5.92 Å². The smallest absolute Gasteiger partial charge is 0.240 e. The Morgan fingerprint density at radius 1 is 1.33 bits per heavy atom. The van der Waals surface area contributed by atoms with Crippen LogP contribution in [0.3, 0.4) is 0 Å². The summed E-state index contributed by atoms with van der Waals surface area (Å²) in [5, 5.41) is 12.6. The average molecular weight is 325 g/mol. The molecule has 1 amide bonds. The molecule has 1 aromatic rings. The van der Waals surface area contributed by atoms with Gasteiger partial charge in [0.15, 0.2) is 0 Å². The van der Waals surface area contributed by atoms with Gasteiger partial charge in [0.2, 0.25) is 5.91 Å². The van der Waals surface area contributed by atoms with Gasteiger partial charge in [-0.1, -0.05) is 17.7 Å². The number of benzene rings is 1. The Labute approximate surface area is 144 Å². The zero-order valence-corrected chi connectivity index (χ0v) is 14.9. The maximum atomic E-state index is 12.7. The number of carbonyl (C=O) groups excluding carboxylic acids is 1. The van der Waals surface area contributed by atoms with E-state index in [4.69, 9.17) is 0 Å². The molecule has 1 aromatic carbocycles. The first-order valence-corrected chi connectivity index (χ1v) is 8.99. The van der Waals surface area contributed by atoms with Gasteiger partial charge in [-0.2, -0.15) is 5.26 Å². The second-order valence-corrected chi connectivity index (χ2v) is 7.46. The highest BCUT2D eigenvalue weighted by molar-refractivity contribution is 5.83. The molecule has 4 heteroatoms. The molecule has 2 saturated heterocycles. The normalized spacial score (nSPS) is 26.6. The quantitative estimate of drug-likeness (QED) is 0.929. The predicted molar refractivity (Wildman–Crippen MR) is 94.6 cm³/mol. The van der Waals surface area contributed by atoms with E-state index in [2.05, 4.69) is 44.3 Å². The van der Waals surface area contributed by atoms with Crippen molar-refractivity contribution >= 4 is 5.91 Å². The molecule has 3 rings (SSSR count). The van der Waals surface area contributed by atoms with E-state index in [1.165, 1.54) is 22.3 Å². The molecule has 0 aliphatic carbocycles. The minimum absolute atomic E-state index is 0.116. The first-order valence-electron chi connectivity index (χ1n) is 8.99. The van der Waals surface area contributed by atoms with Gasteiger partial charge in [-0.3, -0.25) is 4.79 Å². The topological polar surface area (TPSA) is 56.1 Å². The summed E-state index contributed by atoms with van der Waals surface area (Å²) in [6.45, 7) is 8.12. The summed E-state index contributed by atoms with van der Waals surface area (Å²) in [6.07, 6.45) is 3.67. The summed E-state index contributed by atoms with van der Waals surface area (Å²) in [6, 6.07) is 6.42. The third-order valence-corrected chi connectivity index (χ3v) is 5.54. The van der Waals surface area contributed by atoms with Gasteiger partial charge in [0.25, 0.3) is 0 Å². The van der Waals surface area contributed by atoms with E-state index in [9.17, 15) is 10.1 Å². The lowest BCUT2D eigenvalue weighted by Gasteiger charge is -2.23. The van der Waals surface area contributed by atoms with Crippen LogP contribution in [-0.4, -0.2) is 36.0 Å². The second-order valence-electron chi connectivity index (χ2n) is 7.46. The molecule has 2 aliphatic heterocycles. The number of nitriles is 1. The molecule has 0 saturated carbocycles. The van der Waals surface area contributed by atoms with Crippen molar-refractivity contribution in [3.63, 3.8) is 0 Å². The van der Waals surface area contributed by atoms with E-state index < -0.39 is 0 Å². The van der Waals surface area contributed by atoms with E-state index in [-0.39, 0.29) is 18.0 Å². The Hall–Kier alpha value is -1.86. The number of rotatable bonds is 3. The van der Waals surface area contributed by atoms with Crippen molar-refractivity contribution in [1.29, 1.82) is 5.26 Å². The molecular weight excluding hydrogens is 298 g/mol. The molecule has 0 spiro atoms. The number of nitrogens with one attached hydrogen (secondary N) is 1. The molecule has 0 unspecified atom stereocenters. The number of nitrogens with zero attached hydrogens (tertiary/aromatic N) is 2. The van der Waals surface area contributed by atoms with Crippen molar-refractivity contribution in [2.24, 2.45) is 5.92 Å². The van der Waals surface area contributed by atoms with Crippen molar-refractivity contribution in [2.45, 2.75) is 58.5 Å². The third-order valence-electron chi connectivity index (χ3n) is 5.54. The number of likely N-dealkylation sites (tertiary alicyclic amines) is 1. The lowest BCUT2D eigenvalue weighted by Crippen LogP contribution is -2.45. The van der Waals surface area contributed by atoms with Gasteiger partial charge in [-0.25, -0.2) is 0 Å². The van der Waals surface area contributed by atoms with Gasteiger partial charge in [0.1, 0.15) is 6.04 Å². The minimum atomic E-state index is -0.222. The highest BCUT2D eigenvalue weighted by Gasteiger charge is 2.37. The molecule has 2 heterocycles. The molecule has 0 radical (unpaired) electrons. The monoisotopic (exact) mass is 325 g/mol. The summed E-state index contributed by atoms with van der Waals surface area (Å²) in [4.78, 5) is 14.5. The highest BCUT2D eigenvalue weighted by Crippen LogP contribution is 2.26. The highest BCUT2D eigenvalue weighted by atomic mass is 16.2. The van der Waals surface area contributed by atoms with Crippen LogP contribution in [0.4, 0.5) is 0 Å². The summed E-state index contributed by atoms with van der Waals surface area (Å²) >= 11 is 0. The fraction of sp³-hybridized carbons (Fsp3) is 0.600. The number of carbonyl (C=O) groups is 1. The first kappa shape index (κ1) is 17.0. The molecule has 1 N–H and O–H groups in total. The number of aryl methyl sites for hydroxylation is 3.